The first-order valence-electron chi connectivity index (χ1n) is 9.91. The van der Waals surface area contributed by atoms with Crippen LogP contribution in [-0.4, -0.2) is 50.1 Å². The van der Waals surface area contributed by atoms with Crippen LogP contribution >= 0.6 is 0 Å². The number of nitrogens with one attached hydrogen (secondary N) is 1. The summed E-state index contributed by atoms with van der Waals surface area (Å²) < 4.78 is 25.1. The van der Waals surface area contributed by atoms with Crippen LogP contribution in [0, 0.1) is 11.7 Å². The highest BCUT2D eigenvalue weighted by atomic mass is 19.1. The molecule has 0 radical (unpaired) electrons. The molecular formula is C23H27FN2O4. The maximum absolute atomic E-state index is 14.2. The third kappa shape index (κ3) is 4.40. The highest BCUT2D eigenvalue weighted by Gasteiger charge is 2.42. The Kier molecular flexibility index (Phi) is 6.59. The van der Waals surface area contributed by atoms with Gasteiger partial charge in [0.2, 0.25) is 5.91 Å². The number of amides is 2. The van der Waals surface area contributed by atoms with Gasteiger partial charge in [-0.3, -0.25) is 9.59 Å². The molecule has 0 saturated carbocycles. The molecule has 0 aliphatic carbocycles. The topological polar surface area (TPSA) is 67.9 Å². The average molecular weight is 414 g/mol. The van der Waals surface area contributed by atoms with Gasteiger partial charge in [-0.15, -0.1) is 0 Å². The van der Waals surface area contributed by atoms with Crippen molar-refractivity contribution < 1.29 is 23.5 Å². The molecule has 0 spiro atoms. The fourth-order valence-corrected chi connectivity index (χ4v) is 3.88. The van der Waals surface area contributed by atoms with Gasteiger partial charge in [0.1, 0.15) is 17.3 Å². The lowest BCUT2D eigenvalue weighted by molar-refractivity contribution is -0.125. The number of rotatable bonds is 6. The predicted molar refractivity (Wildman–Crippen MR) is 111 cm³/mol. The number of hydrogen-bond acceptors (Lipinski definition) is 4. The van der Waals surface area contributed by atoms with E-state index in [1.165, 1.54) is 17.0 Å². The average Bonchev–Trinajstić information content (AvgIpc) is 3.18. The van der Waals surface area contributed by atoms with Crippen LogP contribution in [0.3, 0.4) is 0 Å². The zero-order valence-electron chi connectivity index (χ0n) is 17.6. The van der Waals surface area contributed by atoms with E-state index in [0.717, 1.165) is 5.56 Å². The molecule has 7 heteroatoms. The van der Waals surface area contributed by atoms with Crippen LogP contribution in [0.4, 0.5) is 4.39 Å². The van der Waals surface area contributed by atoms with Gasteiger partial charge in [0.05, 0.1) is 25.7 Å². The van der Waals surface area contributed by atoms with Gasteiger partial charge in [-0.25, -0.2) is 4.39 Å². The molecule has 1 N–H and O–H groups in total. The Hall–Kier alpha value is -3.09. The zero-order valence-corrected chi connectivity index (χ0v) is 17.6. The Morgan fingerprint density at radius 1 is 1.10 bits per heavy atom. The number of benzene rings is 2. The van der Waals surface area contributed by atoms with Crippen LogP contribution in [0.25, 0.3) is 0 Å². The Bertz CT molecular complexity index is 931. The SMILES string of the molecule is COc1ccc(OC)c([C@H]2CN(C(=O)c3ccccc3F)C[C@@H]2C(=O)NC(C)C)c1. The number of carbonyl (C=O) groups excluding carboxylic acids is 2. The molecule has 1 saturated heterocycles. The van der Waals surface area contributed by atoms with Crippen molar-refractivity contribution in [3.8, 4) is 11.5 Å². The van der Waals surface area contributed by atoms with Crippen molar-refractivity contribution in [3.05, 3.63) is 59.4 Å². The maximum atomic E-state index is 14.2. The molecule has 1 aliphatic rings. The van der Waals surface area contributed by atoms with E-state index in [0.29, 0.717) is 11.5 Å². The van der Waals surface area contributed by atoms with Gasteiger partial charge in [-0.05, 0) is 44.2 Å². The van der Waals surface area contributed by atoms with Crippen molar-refractivity contribution in [1.29, 1.82) is 0 Å². The molecule has 0 unspecified atom stereocenters. The summed E-state index contributed by atoms with van der Waals surface area (Å²) in [6, 6.07) is 11.2. The van der Waals surface area contributed by atoms with Crippen molar-refractivity contribution in [1.82, 2.24) is 10.2 Å². The number of methoxy groups -OCH3 is 2. The number of ether oxygens (including phenoxy) is 2. The number of carbonyl (C=O) groups is 2. The Labute approximate surface area is 176 Å². The fraction of sp³-hybridized carbons (Fsp3) is 0.391. The second kappa shape index (κ2) is 9.15. The van der Waals surface area contributed by atoms with Crippen LogP contribution in [-0.2, 0) is 4.79 Å². The fourth-order valence-electron chi connectivity index (χ4n) is 3.88. The van der Waals surface area contributed by atoms with E-state index in [4.69, 9.17) is 9.47 Å². The molecule has 2 aromatic carbocycles. The van der Waals surface area contributed by atoms with Crippen LogP contribution in [0.15, 0.2) is 42.5 Å². The lowest BCUT2D eigenvalue weighted by atomic mass is 9.87. The lowest BCUT2D eigenvalue weighted by Crippen LogP contribution is -2.39. The van der Waals surface area contributed by atoms with Crippen molar-refractivity contribution in [2.75, 3.05) is 27.3 Å². The van der Waals surface area contributed by atoms with Crippen LogP contribution < -0.4 is 14.8 Å². The largest absolute Gasteiger partial charge is 0.497 e. The summed E-state index contributed by atoms with van der Waals surface area (Å²) >= 11 is 0. The molecule has 160 valence electrons. The van der Waals surface area contributed by atoms with Crippen LogP contribution in [0.5, 0.6) is 11.5 Å². The third-order valence-electron chi connectivity index (χ3n) is 5.32. The normalized spacial score (nSPS) is 18.4. The van der Waals surface area contributed by atoms with E-state index < -0.39 is 17.6 Å². The summed E-state index contributed by atoms with van der Waals surface area (Å²) in [5.41, 5.74) is 0.781. The molecule has 1 fully saturated rings. The Morgan fingerprint density at radius 2 is 1.83 bits per heavy atom. The molecule has 1 heterocycles. The molecular weight excluding hydrogens is 387 g/mol. The van der Waals surface area contributed by atoms with E-state index >= 15 is 0 Å². The third-order valence-corrected chi connectivity index (χ3v) is 5.32. The Morgan fingerprint density at radius 3 is 2.47 bits per heavy atom. The van der Waals surface area contributed by atoms with Gasteiger partial charge in [-0.1, -0.05) is 12.1 Å². The minimum absolute atomic E-state index is 0.00113. The Balaban J connectivity index is 1.98. The zero-order chi connectivity index (χ0) is 21.8. The first kappa shape index (κ1) is 21.6. The van der Waals surface area contributed by atoms with Gasteiger partial charge >= 0.3 is 0 Å². The van der Waals surface area contributed by atoms with Gasteiger partial charge in [0, 0.05) is 30.6 Å². The van der Waals surface area contributed by atoms with Crippen molar-refractivity contribution in [2.24, 2.45) is 5.92 Å². The highest BCUT2D eigenvalue weighted by molar-refractivity contribution is 5.95. The molecule has 2 aromatic rings. The number of hydrogen-bond donors (Lipinski definition) is 1. The van der Waals surface area contributed by atoms with Gasteiger partial charge in [0.25, 0.3) is 5.91 Å². The van der Waals surface area contributed by atoms with E-state index in [2.05, 4.69) is 5.32 Å². The van der Waals surface area contributed by atoms with Crippen LogP contribution in [0.1, 0.15) is 35.7 Å². The lowest BCUT2D eigenvalue weighted by Gasteiger charge is -2.22. The molecule has 0 aromatic heterocycles. The molecule has 2 amide bonds. The molecule has 0 bridgehead atoms. The molecule has 2 atom stereocenters. The maximum Gasteiger partial charge on any atom is 0.256 e. The van der Waals surface area contributed by atoms with Crippen LogP contribution in [0.2, 0.25) is 0 Å². The van der Waals surface area contributed by atoms with E-state index in [9.17, 15) is 14.0 Å². The van der Waals surface area contributed by atoms with E-state index in [1.54, 1.807) is 38.5 Å². The number of likely N-dealkylation sites (tertiary alicyclic amines) is 1. The van der Waals surface area contributed by atoms with E-state index in [-0.39, 0.29) is 36.5 Å². The standard InChI is InChI=1S/C23H27FN2O4/c1-14(2)25-22(27)19-13-26(23(28)16-7-5-6-8-20(16)24)12-18(19)17-11-15(29-3)9-10-21(17)30-4/h5-11,14,18-19H,12-13H2,1-4H3,(H,25,27)/t18-,19+/m1/s1. The first-order chi connectivity index (χ1) is 14.3. The summed E-state index contributed by atoms with van der Waals surface area (Å²) in [7, 11) is 3.13. The molecule has 6 nitrogen and oxygen atoms in total. The summed E-state index contributed by atoms with van der Waals surface area (Å²) in [4.78, 5) is 27.5. The van der Waals surface area contributed by atoms with Crippen molar-refractivity contribution >= 4 is 11.8 Å². The minimum atomic E-state index is -0.576. The summed E-state index contributed by atoms with van der Waals surface area (Å²) in [6.45, 7) is 4.23. The highest BCUT2D eigenvalue weighted by Crippen LogP contribution is 2.40. The molecule has 30 heavy (non-hydrogen) atoms. The van der Waals surface area contributed by atoms with Gasteiger partial charge in [0.15, 0.2) is 0 Å². The summed E-state index contributed by atoms with van der Waals surface area (Å²) in [5, 5.41) is 2.94. The quantitative estimate of drug-likeness (QED) is 0.788. The van der Waals surface area contributed by atoms with Crippen molar-refractivity contribution in [3.63, 3.8) is 0 Å². The van der Waals surface area contributed by atoms with Crippen molar-refractivity contribution in [2.45, 2.75) is 25.8 Å². The second-order valence-electron chi connectivity index (χ2n) is 7.67. The predicted octanol–water partition coefficient (Wildman–Crippen LogP) is 3.22. The molecule has 3 rings (SSSR count). The first-order valence-corrected chi connectivity index (χ1v) is 9.91. The number of halogens is 1. The molecule has 1 aliphatic heterocycles. The minimum Gasteiger partial charge on any atom is -0.497 e. The monoisotopic (exact) mass is 414 g/mol. The van der Waals surface area contributed by atoms with E-state index in [1.807, 2.05) is 19.9 Å². The smallest absolute Gasteiger partial charge is 0.256 e. The second-order valence-corrected chi connectivity index (χ2v) is 7.67. The number of nitrogens with zero attached hydrogens (tertiary/aromatic N) is 1. The summed E-state index contributed by atoms with van der Waals surface area (Å²) in [5.74, 6) is -0.721. The van der Waals surface area contributed by atoms with Gasteiger partial charge in [-0.2, -0.15) is 0 Å². The summed E-state index contributed by atoms with van der Waals surface area (Å²) in [6.07, 6.45) is 0. The van der Waals surface area contributed by atoms with Gasteiger partial charge < -0.3 is 19.7 Å².